The average molecular weight is 697 g/mol. The van der Waals surface area contributed by atoms with Gasteiger partial charge in [-0.2, -0.15) is 9.61 Å². The fraction of sp³-hybridized carbons (Fsp3) is 0.400. The molecule has 4 aliphatic rings. The average Bonchev–Trinajstić information content (AvgIpc) is 4.07. The van der Waals surface area contributed by atoms with E-state index in [0.29, 0.717) is 69.5 Å². The Bertz CT molecular complexity index is 2470. The number of piperazine rings is 2. The molecule has 2 aliphatic heterocycles. The fourth-order valence-electron chi connectivity index (χ4n) is 7.53. The van der Waals surface area contributed by atoms with Crippen LogP contribution in [-0.4, -0.2) is 81.3 Å². The first-order chi connectivity index (χ1) is 24.4. The van der Waals surface area contributed by atoms with Crippen LogP contribution in [0.5, 0.6) is 0 Å². The number of rotatable bonds is 6. The largest absolute Gasteiger partial charge is 0.367 e. The summed E-state index contributed by atoms with van der Waals surface area (Å²) in [7, 11) is 0. The van der Waals surface area contributed by atoms with Crippen LogP contribution >= 0.6 is 11.3 Å². The first-order valence-electron chi connectivity index (χ1n) is 17.3. The zero-order valence-electron chi connectivity index (χ0n) is 27.2. The van der Waals surface area contributed by atoms with Crippen LogP contribution in [0.1, 0.15) is 37.8 Å². The van der Waals surface area contributed by atoms with E-state index in [1.807, 2.05) is 22.1 Å². The Morgan fingerprint density at radius 2 is 1.18 bits per heavy atom. The third-order valence-electron chi connectivity index (χ3n) is 10.5. The van der Waals surface area contributed by atoms with Crippen LogP contribution in [-0.2, 0) is 0 Å². The summed E-state index contributed by atoms with van der Waals surface area (Å²) in [6.45, 7) is 5.85. The van der Waals surface area contributed by atoms with Crippen LogP contribution in [0.25, 0.3) is 48.7 Å². The minimum atomic E-state index is -0.432. The van der Waals surface area contributed by atoms with Crippen LogP contribution in [0.3, 0.4) is 0 Å². The van der Waals surface area contributed by atoms with E-state index in [1.165, 1.54) is 28.0 Å². The lowest BCUT2D eigenvalue weighted by molar-refractivity contribution is 0.566. The molecule has 0 atom stereocenters. The Morgan fingerprint density at radius 1 is 0.680 bits per heavy atom. The van der Waals surface area contributed by atoms with Crippen LogP contribution < -0.4 is 31.3 Å². The molecule has 256 valence electrons. The molecule has 2 saturated carbocycles. The first kappa shape index (κ1) is 30.1. The molecular formula is C35H34F2N10O2S. The number of aromatic nitrogens is 6. The van der Waals surface area contributed by atoms with Crippen molar-refractivity contribution >= 4 is 49.5 Å². The molecule has 0 bridgehead atoms. The summed E-state index contributed by atoms with van der Waals surface area (Å²) in [5, 5.41) is 21.1. The van der Waals surface area contributed by atoms with Gasteiger partial charge in [0.05, 0.1) is 33.5 Å². The highest BCUT2D eigenvalue weighted by molar-refractivity contribution is 7.19. The lowest BCUT2D eigenvalue weighted by atomic mass is 10.1. The molecule has 4 fully saturated rings. The summed E-state index contributed by atoms with van der Waals surface area (Å²) in [4.78, 5) is 32.6. The Morgan fingerprint density at radius 3 is 1.70 bits per heavy atom. The minimum Gasteiger partial charge on any atom is -0.367 e. The van der Waals surface area contributed by atoms with E-state index in [9.17, 15) is 9.59 Å². The molecule has 2 N–H and O–H groups in total. The summed E-state index contributed by atoms with van der Waals surface area (Å²) in [6.07, 6.45) is 7.49. The number of fused-ring (bicyclic) bond motifs is 3. The van der Waals surface area contributed by atoms with Crippen LogP contribution in [0.15, 0.2) is 46.2 Å². The highest BCUT2D eigenvalue weighted by Gasteiger charge is 2.31. The van der Waals surface area contributed by atoms with E-state index in [1.54, 1.807) is 12.3 Å². The number of hydrogen-bond donors (Lipinski definition) is 2. The number of nitrogens with one attached hydrogen (secondary N) is 2. The van der Waals surface area contributed by atoms with Crippen LogP contribution in [0, 0.1) is 11.6 Å². The van der Waals surface area contributed by atoms with Gasteiger partial charge in [-0.3, -0.25) is 9.59 Å². The number of pyridine rings is 2. The first-order valence-corrected chi connectivity index (χ1v) is 18.2. The molecule has 0 unspecified atom stereocenters. The maximum Gasteiger partial charge on any atom is 0.235 e. The van der Waals surface area contributed by atoms with Crippen molar-refractivity contribution in [1.29, 1.82) is 0 Å². The van der Waals surface area contributed by atoms with Gasteiger partial charge < -0.3 is 29.6 Å². The standard InChI is InChI=1S/C35H34F2N10O2S/c36-25-13-21-27(15-29(25)43-9-5-38-6-10-43)45(19-1-2-19)17-23(31(21)48)33-40-41-35-47(33)42-34(50-35)24-18-46(20-3-4-20)28-16-30(44-11-7-39-8-12-44)26(37)14-22(28)32(24)49/h13-20,38-39H,1-12H2. The molecule has 4 aromatic heterocycles. The Kier molecular flexibility index (Phi) is 6.87. The number of nitrogens with zero attached hydrogens (tertiary/aromatic N) is 8. The van der Waals surface area contributed by atoms with Crippen molar-refractivity contribution in [2.45, 2.75) is 37.8 Å². The van der Waals surface area contributed by atoms with Crippen molar-refractivity contribution in [3.63, 3.8) is 0 Å². The number of hydrogen-bond acceptors (Lipinski definition) is 10. The van der Waals surface area contributed by atoms with Crippen molar-refractivity contribution < 1.29 is 8.78 Å². The molecule has 10 rings (SSSR count). The maximum atomic E-state index is 15.6. The normalized spacial score (nSPS) is 18.6. The quantitative estimate of drug-likeness (QED) is 0.267. The molecule has 6 heterocycles. The molecule has 0 spiro atoms. The van der Waals surface area contributed by atoms with Gasteiger partial charge in [-0.25, -0.2) is 8.78 Å². The highest BCUT2D eigenvalue weighted by Crippen LogP contribution is 2.41. The van der Waals surface area contributed by atoms with E-state index >= 15 is 8.78 Å². The minimum absolute atomic E-state index is 0.193. The Hall–Kier alpha value is -4.73. The SMILES string of the molecule is O=c1c(-c2nn3c(-c4cn(C5CC5)c5cc(N6CCNCC6)c(F)cc5c4=O)nnc3s2)cn(C2CC2)c2cc(N3CCNCC3)c(F)cc12. The van der Waals surface area contributed by atoms with E-state index < -0.39 is 11.6 Å². The molecule has 0 radical (unpaired) electrons. The predicted molar refractivity (Wildman–Crippen MR) is 190 cm³/mol. The molecule has 2 saturated heterocycles. The molecule has 15 heteroatoms. The van der Waals surface area contributed by atoms with Gasteiger partial charge in [0.25, 0.3) is 0 Å². The maximum absolute atomic E-state index is 15.6. The second-order valence-electron chi connectivity index (χ2n) is 13.8. The van der Waals surface area contributed by atoms with E-state index in [-0.39, 0.29) is 39.7 Å². The zero-order chi connectivity index (χ0) is 33.7. The van der Waals surface area contributed by atoms with Gasteiger partial charge in [0, 0.05) is 87.6 Å². The smallest absolute Gasteiger partial charge is 0.235 e. The van der Waals surface area contributed by atoms with Crippen LogP contribution in [0.4, 0.5) is 20.2 Å². The van der Waals surface area contributed by atoms with E-state index in [0.717, 1.165) is 51.9 Å². The third kappa shape index (κ3) is 4.85. The van der Waals surface area contributed by atoms with E-state index in [2.05, 4.69) is 30.0 Å². The van der Waals surface area contributed by atoms with Gasteiger partial charge in [0.1, 0.15) is 11.6 Å². The predicted octanol–water partition coefficient (Wildman–Crippen LogP) is 3.92. The summed E-state index contributed by atoms with van der Waals surface area (Å²) in [6, 6.07) is 6.75. The second kappa shape index (κ2) is 11.4. The second-order valence-corrected chi connectivity index (χ2v) is 14.7. The number of halogens is 2. The summed E-state index contributed by atoms with van der Waals surface area (Å²) in [5.41, 5.74) is 2.36. The number of anilines is 2. The molecule has 50 heavy (non-hydrogen) atoms. The van der Waals surface area contributed by atoms with Gasteiger partial charge >= 0.3 is 0 Å². The molecule has 12 nitrogen and oxygen atoms in total. The lowest BCUT2D eigenvalue weighted by Gasteiger charge is -2.30. The molecule has 2 aromatic carbocycles. The van der Waals surface area contributed by atoms with Gasteiger partial charge in [0.15, 0.2) is 16.3 Å². The summed E-state index contributed by atoms with van der Waals surface area (Å²) in [5.74, 6) is -0.625. The third-order valence-corrected chi connectivity index (χ3v) is 11.4. The van der Waals surface area contributed by atoms with Crippen LogP contribution in [0.2, 0.25) is 0 Å². The van der Waals surface area contributed by atoms with Gasteiger partial charge in [-0.05, 0) is 49.9 Å². The fourth-order valence-corrected chi connectivity index (χ4v) is 8.37. The lowest BCUT2D eigenvalue weighted by Crippen LogP contribution is -2.43. The summed E-state index contributed by atoms with van der Waals surface area (Å²) >= 11 is 1.19. The van der Waals surface area contributed by atoms with Crippen molar-refractivity contribution in [2.24, 2.45) is 0 Å². The van der Waals surface area contributed by atoms with E-state index in [4.69, 9.17) is 5.10 Å². The van der Waals surface area contributed by atoms with Gasteiger partial charge in [-0.1, -0.05) is 11.3 Å². The molecule has 2 aliphatic carbocycles. The van der Waals surface area contributed by atoms with Crippen molar-refractivity contribution in [2.75, 3.05) is 62.2 Å². The highest BCUT2D eigenvalue weighted by atomic mass is 32.1. The summed E-state index contributed by atoms with van der Waals surface area (Å²) < 4.78 is 36.9. The van der Waals surface area contributed by atoms with Gasteiger partial charge in [-0.15, -0.1) is 10.2 Å². The van der Waals surface area contributed by atoms with Gasteiger partial charge in [0.2, 0.25) is 10.4 Å². The number of benzene rings is 2. The molecular weight excluding hydrogens is 663 g/mol. The molecule has 6 aromatic rings. The topological polar surface area (TPSA) is 118 Å². The monoisotopic (exact) mass is 696 g/mol. The van der Waals surface area contributed by atoms with Crippen molar-refractivity contribution in [3.8, 4) is 22.0 Å². The van der Waals surface area contributed by atoms with Crippen molar-refractivity contribution in [1.82, 2.24) is 39.6 Å². The Balaban J connectivity index is 1.09. The zero-order valence-corrected chi connectivity index (χ0v) is 28.0. The molecule has 0 amide bonds. The van der Waals surface area contributed by atoms with Crippen molar-refractivity contribution in [3.05, 3.63) is 68.7 Å². The Labute approximate surface area is 287 Å².